The summed E-state index contributed by atoms with van der Waals surface area (Å²) in [6.07, 6.45) is 10.5. The van der Waals surface area contributed by atoms with Gasteiger partial charge in [-0.2, -0.15) is 0 Å². The Morgan fingerprint density at radius 2 is 1.81 bits per heavy atom. The van der Waals surface area contributed by atoms with E-state index in [1.807, 2.05) is 0 Å². The minimum Gasteiger partial charge on any atom is -0.392 e. The van der Waals surface area contributed by atoms with E-state index in [4.69, 9.17) is 0 Å². The van der Waals surface area contributed by atoms with Gasteiger partial charge in [-0.05, 0) is 86.4 Å². The first-order valence-corrected chi connectivity index (χ1v) is 12.4. The highest BCUT2D eigenvalue weighted by Crippen LogP contribution is 2.72. The number of fused-ring (bicyclic) bond motifs is 3. The van der Waals surface area contributed by atoms with Crippen molar-refractivity contribution in [1.29, 1.82) is 0 Å². The molecule has 1 unspecified atom stereocenters. The van der Waals surface area contributed by atoms with E-state index in [9.17, 15) is 14.1 Å². The lowest BCUT2D eigenvalue weighted by Gasteiger charge is -2.70. The number of hydrogen-bond acceptors (Lipinski definition) is 3. The van der Waals surface area contributed by atoms with Gasteiger partial charge in [0.05, 0.1) is 6.10 Å². The number of rotatable bonds is 3. The molecule has 0 radical (unpaired) electrons. The Balaban J connectivity index is 1.71. The van der Waals surface area contributed by atoms with E-state index in [0.29, 0.717) is 29.3 Å². The Hall–Kier alpha value is -0.220. The highest BCUT2D eigenvalue weighted by Gasteiger charge is 2.68. The highest BCUT2D eigenvalue weighted by atomic mass is 32.2. The third-order valence-electron chi connectivity index (χ3n) is 9.72. The van der Waals surface area contributed by atoms with Crippen LogP contribution in [0, 0.1) is 39.9 Å². The summed E-state index contributed by atoms with van der Waals surface area (Å²) < 4.78 is 11.9. The molecule has 3 nitrogen and oxygen atoms in total. The second-order valence-electron chi connectivity index (χ2n) is 10.6. The van der Waals surface area contributed by atoms with Crippen molar-refractivity contribution in [3.8, 4) is 0 Å². The quantitative estimate of drug-likeness (QED) is 0.806. The van der Waals surface area contributed by atoms with E-state index in [0.717, 1.165) is 32.1 Å². The fourth-order valence-corrected chi connectivity index (χ4v) is 9.39. The largest absolute Gasteiger partial charge is 0.392 e. The van der Waals surface area contributed by atoms with Gasteiger partial charge in [-0.25, -0.2) is 0 Å². The lowest BCUT2D eigenvalue weighted by molar-refractivity contribution is -0.238. The third-order valence-corrected chi connectivity index (χ3v) is 10.6. The van der Waals surface area contributed by atoms with Crippen molar-refractivity contribution in [3.63, 3.8) is 0 Å². The van der Waals surface area contributed by atoms with Crippen molar-refractivity contribution in [2.75, 3.05) is 12.0 Å². The van der Waals surface area contributed by atoms with Crippen LogP contribution in [0.4, 0.5) is 0 Å². The van der Waals surface area contributed by atoms with Crippen molar-refractivity contribution < 1.29 is 14.1 Å². The minimum absolute atomic E-state index is 0.0130. The minimum atomic E-state index is -0.843. The predicted octanol–water partition coefficient (Wildman–Crippen LogP) is 3.95. The molecule has 2 bridgehead atoms. The van der Waals surface area contributed by atoms with Gasteiger partial charge in [-0.1, -0.05) is 20.3 Å². The molecule has 5 saturated carbocycles. The van der Waals surface area contributed by atoms with Gasteiger partial charge in [-0.3, -0.25) is 9.00 Å². The van der Waals surface area contributed by atoms with Crippen molar-refractivity contribution in [1.82, 2.24) is 0 Å². The molecule has 5 aliphatic carbocycles. The smallest absolute Gasteiger partial charge is 0.135 e. The summed E-state index contributed by atoms with van der Waals surface area (Å²) in [7, 11) is -0.843. The van der Waals surface area contributed by atoms with Gasteiger partial charge < -0.3 is 5.11 Å². The van der Waals surface area contributed by atoms with E-state index in [2.05, 4.69) is 13.8 Å². The first kappa shape index (κ1) is 19.1. The number of ketones is 1. The lowest BCUT2D eigenvalue weighted by Crippen LogP contribution is -2.67. The topological polar surface area (TPSA) is 54.4 Å². The molecule has 0 aromatic carbocycles. The lowest BCUT2D eigenvalue weighted by atomic mass is 9.35. The second kappa shape index (κ2) is 6.14. The Kier molecular flexibility index (Phi) is 4.51. The molecule has 4 heteroatoms. The molecule has 0 aromatic heterocycles. The molecule has 0 heterocycles. The Labute approximate surface area is 161 Å². The Morgan fingerprint density at radius 3 is 2.46 bits per heavy atom. The summed E-state index contributed by atoms with van der Waals surface area (Å²) >= 11 is 0. The molecule has 0 amide bonds. The molecule has 5 aliphatic rings. The SMILES string of the molecule is CC(=O)[C@]1(C)CCC[C@@]2(C)[C@@H]3C[C@@H]4CC[C@@]3(CC[C@@H]21)[C@H](O)[C@H]4CS(C)=O. The maximum atomic E-state index is 12.6. The predicted molar refractivity (Wildman–Crippen MR) is 105 cm³/mol. The summed E-state index contributed by atoms with van der Waals surface area (Å²) in [4.78, 5) is 12.6. The highest BCUT2D eigenvalue weighted by molar-refractivity contribution is 7.84. The second-order valence-corrected chi connectivity index (χ2v) is 12.1. The van der Waals surface area contributed by atoms with Crippen LogP contribution < -0.4 is 0 Å². The van der Waals surface area contributed by atoms with E-state index in [-0.39, 0.29) is 28.3 Å². The number of Topliss-reactive ketones (excluding diaryl/α,β-unsaturated/α-hetero) is 1. The molecule has 0 aromatic rings. The molecule has 26 heavy (non-hydrogen) atoms. The molecule has 0 aliphatic heterocycles. The first-order chi connectivity index (χ1) is 12.1. The fraction of sp³-hybridized carbons (Fsp3) is 0.955. The van der Waals surface area contributed by atoms with Gasteiger partial charge in [0.15, 0.2) is 0 Å². The molecular weight excluding hydrogens is 344 g/mol. The van der Waals surface area contributed by atoms with Crippen LogP contribution in [0.5, 0.6) is 0 Å². The van der Waals surface area contributed by atoms with E-state index in [1.54, 1.807) is 13.2 Å². The summed E-state index contributed by atoms with van der Waals surface area (Å²) in [6, 6.07) is 0. The number of hydrogen-bond donors (Lipinski definition) is 1. The van der Waals surface area contributed by atoms with Gasteiger partial charge in [0.1, 0.15) is 5.78 Å². The van der Waals surface area contributed by atoms with Crippen LogP contribution in [0.3, 0.4) is 0 Å². The Bertz CT molecular complexity index is 633. The zero-order chi connectivity index (χ0) is 18.9. The van der Waals surface area contributed by atoms with Crippen LogP contribution in [0.2, 0.25) is 0 Å². The number of aliphatic hydroxyl groups is 1. The van der Waals surface area contributed by atoms with Crippen LogP contribution in [-0.4, -0.2) is 33.2 Å². The molecule has 148 valence electrons. The average Bonchev–Trinajstić information content (AvgIpc) is 2.57. The molecule has 0 saturated heterocycles. The van der Waals surface area contributed by atoms with Crippen molar-refractivity contribution in [2.24, 2.45) is 39.9 Å². The molecule has 1 N–H and O–H groups in total. The van der Waals surface area contributed by atoms with Crippen molar-refractivity contribution in [3.05, 3.63) is 0 Å². The normalized spacial score (nSPS) is 54.3. The van der Waals surface area contributed by atoms with Gasteiger partial charge in [0.25, 0.3) is 0 Å². The molecule has 9 atom stereocenters. The van der Waals surface area contributed by atoms with E-state index < -0.39 is 10.8 Å². The number of carbonyl (C=O) groups is 1. The van der Waals surface area contributed by atoms with Crippen molar-refractivity contribution >= 4 is 16.6 Å². The summed E-state index contributed by atoms with van der Waals surface area (Å²) in [5.74, 6) is 2.75. The molecular formula is C22H36O3S. The first-order valence-electron chi connectivity index (χ1n) is 10.6. The van der Waals surface area contributed by atoms with Gasteiger partial charge in [-0.15, -0.1) is 0 Å². The zero-order valence-electron chi connectivity index (χ0n) is 16.9. The molecule has 5 fully saturated rings. The van der Waals surface area contributed by atoms with Crippen LogP contribution in [0.15, 0.2) is 0 Å². The van der Waals surface area contributed by atoms with Crippen molar-refractivity contribution in [2.45, 2.75) is 78.2 Å². The zero-order valence-corrected chi connectivity index (χ0v) is 17.7. The maximum Gasteiger partial charge on any atom is 0.135 e. The van der Waals surface area contributed by atoms with Gasteiger partial charge in [0, 0.05) is 28.2 Å². The van der Waals surface area contributed by atoms with Gasteiger partial charge in [0.2, 0.25) is 0 Å². The number of aliphatic hydroxyl groups excluding tert-OH is 1. The standard InChI is InChI=1S/C22H36O3S/c1-14(23)20(2)8-5-9-21(3)17(20)7-11-22-10-6-15(12-18(21)22)16(19(22)24)13-26(4)25/h15-19,24H,5-13H2,1-4H3/t15-,16-,17+,18-,19+,20-,21+,22-,26?/m0/s1. The van der Waals surface area contributed by atoms with Gasteiger partial charge >= 0.3 is 0 Å². The fourth-order valence-electron chi connectivity index (χ4n) is 8.39. The maximum absolute atomic E-state index is 12.6. The summed E-state index contributed by atoms with van der Waals surface area (Å²) in [6.45, 7) is 6.46. The molecule has 1 spiro atoms. The van der Waals surface area contributed by atoms with E-state index >= 15 is 0 Å². The number of carbonyl (C=O) groups excluding carboxylic acids is 1. The average molecular weight is 381 g/mol. The van der Waals surface area contributed by atoms with Crippen LogP contribution >= 0.6 is 0 Å². The Morgan fingerprint density at radius 1 is 1.12 bits per heavy atom. The molecule has 5 rings (SSSR count). The van der Waals surface area contributed by atoms with E-state index in [1.165, 1.54) is 19.3 Å². The third kappa shape index (κ3) is 2.40. The van der Waals surface area contributed by atoms with Crippen LogP contribution in [-0.2, 0) is 15.6 Å². The summed E-state index contributed by atoms with van der Waals surface area (Å²) in [5.41, 5.74) is 0.00650. The monoisotopic (exact) mass is 380 g/mol. The van der Waals surface area contributed by atoms with Crippen LogP contribution in [0.25, 0.3) is 0 Å². The van der Waals surface area contributed by atoms with Crippen LogP contribution in [0.1, 0.15) is 72.1 Å². The summed E-state index contributed by atoms with van der Waals surface area (Å²) in [5, 5.41) is 11.4.